The number of hydrogen-bond acceptors (Lipinski definition) is 2. The van der Waals surface area contributed by atoms with Crippen molar-refractivity contribution in [3.63, 3.8) is 0 Å². The van der Waals surface area contributed by atoms with Crippen LogP contribution >= 0.6 is 0 Å². The Balaban J connectivity index is 2.77. The Bertz CT molecular complexity index is 191. The van der Waals surface area contributed by atoms with Gasteiger partial charge in [-0.25, -0.2) is 0 Å². The molecule has 0 saturated heterocycles. The van der Waals surface area contributed by atoms with Crippen LogP contribution in [0.3, 0.4) is 0 Å². The molecule has 0 aliphatic heterocycles. The molecule has 2 atom stereocenters. The van der Waals surface area contributed by atoms with Crippen LogP contribution in [0.1, 0.15) is 46.5 Å². The summed E-state index contributed by atoms with van der Waals surface area (Å²) in [6.45, 7) is 7.60. The van der Waals surface area contributed by atoms with E-state index < -0.39 is 0 Å². The second kappa shape index (κ2) is 4.19. The predicted molar refractivity (Wildman–Crippen MR) is 60.2 cm³/mol. The van der Waals surface area contributed by atoms with E-state index in [1.54, 1.807) is 7.11 Å². The van der Waals surface area contributed by atoms with E-state index in [9.17, 15) is 0 Å². The van der Waals surface area contributed by atoms with Gasteiger partial charge in [-0.2, -0.15) is 0 Å². The third-order valence-electron chi connectivity index (χ3n) is 4.20. The molecule has 84 valence electrons. The molecule has 1 aliphatic rings. The first kappa shape index (κ1) is 12.0. The van der Waals surface area contributed by atoms with E-state index in [0.717, 1.165) is 13.0 Å². The molecule has 2 N–H and O–H groups in total. The van der Waals surface area contributed by atoms with Crippen molar-refractivity contribution < 1.29 is 4.74 Å². The van der Waals surface area contributed by atoms with Crippen LogP contribution in [0.2, 0.25) is 0 Å². The predicted octanol–water partition coefficient (Wildman–Crippen LogP) is 2.57. The first-order valence-electron chi connectivity index (χ1n) is 5.72. The highest BCUT2D eigenvalue weighted by Gasteiger charge is 2.46. The zero-order chi connectivity index (χ0) is 10.8. The Hall–Kier alpha value is -0.0800. The van der Waals surface area contributed by atoms with Crippen LogP contribution in [0.15, 0.2) is 0 Å². The molecule has 2 heteroatoms. The van der Waals surface area contributed by atoms with Gasteiger partial charge in [0.05, 0.1) is 6.61 Å². The van der Waals surface area contributed by atoms with Crippen LogP contribution in [0.5, 0.6) is 0 Å². The molecule has 1 aliphatic carbocycles. The minimum atomic E-state index is -0.0404. The minimum absolute atomic E-state index is 0.0404. The highest BCUT2D eigenvalue weighted by Crippen LogP contribution is 2.46. The van der Waals surface area contributed by atoms with Gasteiger partial charge >= 0.3 is 0 Å². The van der Waals surface area contributed by atoms with Gasteiger partial charge < -0.3 is 10.5 Å². The molecule has 0 heterocycles. The topological polar surface area (TPSA) is 35.2 Å². The lowest BCUT2D eigenvalue weighted by Crippen LogP contribution is -2.59. The van der Waals surface area contributed by atoms with Crippen molar-refractivity contribution in [1.82, 2.24) is 0 Å². The summed E-state index contributed by atoms with van der Waals surface area (Å²) in [6, 6.07) is 0. The van der Waals surface area contributed by atoms with E-state index in [4.69, 9.17) is 10.5 Å². The summed E-state index contributed by atoms with van der Waals surface area (Å²) in [6.07, 6.45) is 4.99. The first-order valence-corrected chi connectivity index (χ1v) is 5.72. The van der Waals surface area contributed by atoms with Gasteiger partial charge in [-0.05, 0) is 24.2 Å². The summed E-state index contributed by atoms with van der Waals surface area (Å²) in [5, 5.41) is 0. The summed E-state index contributed by atoms with van der Waals surface area (Å²) in [7, 11) is 1.76. The maximum Gasteiger partial charge on any atom is 0.0505 e. The highest BCUT2D eigenvalue weighted by atomic mass is 16.5. The van der Waals surface area contributed by atoms with Crippen molar-refractivity contribution in [3.8, 4) is 0 Å². The maximum absolute atomic E-state index is 6.59. The van der Waals surface area contributed by atoms with Crippen LogP contribution < -0.4 is 5.73 Å². The molecule has 1 saturated carbocycles. The van der Waals surface area contributed by atoms with Crippen molar-refractivity contribution in [2.45, 2.75) is 52.0 Å². The van der Waals surface area contributed by atoms with E-state index in [1.165, 1.54) is 19.3 Å². The fourth-order valence-corrected chi connectivity index (χ4v) is 2.87. The molecule has 0 spiro atoms. The average molecular weight is 199 g/mol. The Labute approximate surface area is 88.2 Å². The molecule has 0 aromatic rings. The fraction of sp³-hybridized carbons (Fsp3) is 1.00. The summed E-state index contributed by atoms with van der Waals surface area (Å²) in [4.78, 5) is 0. The number of rotatable bonds is 3. The van der Waals surface area contributed by atoms with Crippen molar-refractivity contribution in [1.29, 1.82) is 0 Å². The molecule has 0 amide bonds. The third kappa shape index (κ3) is 1.96. The van der Waals surface area contributed by atoms with Gasteiger partial charge in [-0.3, -0.25) is 0 Å². The Morgan fingerprint density at radius 2 is 1.86 bits per heavy atom. The largest absolute Gasteiger partial charge is 0.384 e. The second-order valence-electron chi connectivity index (χ2n) is 5.49. The summed E-state index contributed by atoms with van der Waals surface area (Å²) >= 11 is 0. The standard InChI is InChI=1S/C12H25NO/c1-10(9-14-4)12(13)8-6-5-7-11(12,2)3/h10H,5-9,13H2,1-4H3. The lowest BCUT2D eigenvalue weighted by Gasteiger charge is -2.51. The number of hydrogen-bond donors (Lipinski definition) is 1. The quantitative estimate of drug-likeness (QED) is 0.758. The van der Waals surface area contributed by atoms with Gasteiger partial charge in [-0.15, -0.1) is 0 Å². The van der Waals surface area contributed by atoms with Crippen LogP contribution in [0.25, 0.3) is 0 Å². The average Bonchev–Trinajstić information content (AvgIpc) is 2.10. The Morgan fingerprint density at radius 1 is 1.29 bits per heavy atom. The van der Waals surface area contributed by atoms with E-state index in [0.29, 0.717) is 5.92 Å². The van der Waals surface area contributed by atoms with Gasteiger partial charge in [0.15, 0.2) is 0 Å². The van der Waals surface area contributed by atoms with E-state index in [1.807, 2.05) is 0 Å². The van der Waals surface area contributed by atoms with Gasteiger partial charge in [-0.1, -0.05) is 33.6 Å². The zero-order valence-electron chi connectivity index (χ0n) is 10.1. The van der Waals surface area contributed by atoms with Crippen molar-refractivity contribution in [2.24, 2.45) is 17.1 Å². The molecule has 14 heavy (non-hydrogen) atoms. The third-order valence-corrected chi connectivity index (χ3v) is 4.20. The normalized spacial score (nSPS) is 34.1. The summed E-state index contributed by atoms with van der Waals surface area (Å²) in [5.41, 5.74) is 6.80. The fourth-order valence-electron chi connectivity index (χ4n) is 2.87. The molecule has 0 radical (unpaired) electrons. The minimum Gasteiger partial charge on any atom is -0.384 e. The monoisotopic (exact) mass is 199 g/mol. The van der Waals surface area contributed by atoms with E-state index in [2.05, 4.69) is 20.8 Å². The van der Waals surface area contributed by atoms with Gasteiger partial charge in [0.2, 0.25) is 0 Å². The zero-order valence-corrected chi connectivity index (χ0v) is 10.1. The summed E-state index contributed by atoms with van der Waals surface area (Å²) in [5.74, 6) is 0.447. The molecular weight excluding hydrogens is 174 g/mol. The van der Waals surface area contributed by atoms with Gasteiger partial charge in [0.25, 0.3) is 0 Å². The van der Waals surface area contributed by atoms with Gasteiger partial charge in [0, 0.05) is 12.6 Å². The molecule has 2 nitrogen and oxygen atoms in total. The summed E-state index contributed by atoms with van der Waals surface area (Å²) < 4.78 is 5.24. The number of methoxy groups -OCH3 is 1. The molecule has 0 aromatic carbocycles. The SMILES string of the molecule is COCC(C)C1(N)CCCCC1(C)C. The number of ether oxygens (including phenoxy) is 1. The number of nitrogens with two attached hydrogens (primary N) is 1. The molecule has 0 aromatic heterocycles. The molecule has 2 unspecified atom stereocenters. The van der Waals surface area contributed by atoms with Gasteiger partial charge in [0.1, 0.15) is 0 Å². The van der Waals surface area contributed by atoms with Crippen LogP contribution in [0, 0.1) is 11.3 Å². The lowest BCUT2D eigenvalue weighted by molar-refractivity contribution is 0.0134. The lowest BCUT2D eigenvalue weighted by atomic mass is 9.59. The van der Waals surface area contributed by atoms with E-state index >= 15 is 0 Å². The first-order chi connectivity index (χ1) is 6.44. The van der Waals surface area contributed by atoms with Crippen molar-refractivity contribution in [3.05, 3.63) is 0 Å². The molecular formula is C12H25NO. The Kier molecular flexibility index (Phi) is 3.59. The van der Waals surface area contributed by atoms with Crippen molar-refractivity contribution in [2.75, 3.05) is 13.7 Å². The molecule has 1 fully saturated rings. The van der Waals surface area contributed by atoms with Crippen LogP contribution in [0.4, 0.5) is 0 Å². The second-order valence-corrected chi connectivity index (χ2v) is 5.49. The smallest absolute Gasteiger partial charge is 0.0505 e. The highest BCUT2D eigenvalue weighted by molar-refractivity contribution is 5.03. The van der Waals surface area contributed by atoms with Crippen molar-refractivity contribution >= 4 is 0 Å². The van der Waals surface area contributed by atoms with E-state index in [-0.39, 0.29) is 11.0 Å². The maximum atomic E-state index is 6.59. The van der Waals surface area contributed by atoms with Crippen LogP contribution in [-0.2, 0) is 4.74 Å². The Morgan fingerprint density at radius 3 is 2.36 bits per heavy atom. The van der Waals surface area contributed by atoms with Crippen LogP contribution in [-0.4, -0.2) is 19.3 Å². The molecule has 1 rings (SSSR count). The molecule has 0 bridgehead atoms.